The molecule has 2 fully saturated rings. The van der Waals surface area contributed by atoms with Crippen LogP contribution in [0.4, 0.5) is 5.95 Å². The summed E-state index contributed by atoms with van der Waals surface area (Å²) in [6.45, 7) is 19.2. The fraction of sp³-hybridized carbons (Fsp3) is 0.731. The summed E-state index contributed by atoms with van der Waals surface area (Å²) in [5, 5.41) is 11.5. The number of H-pyrrole nitrogens is 1. The van der Waals surface area contributed by atoms with E-state index in [-0.39, 0.29) is 39.6 Å². The average molecular weight is 646 g/mol. The summed E-state index contributed by atoms with van der Waals surface area (Å²) in [5.41, 5.74) is 6.71. The molecular weight excluding hydrogens is 602 g/mol. The fourth-order valence-electron chi connectivity index (χ4n) is 5.00. The highest BCUT2D eigenvalue weighted by molar-refractivity contribution is 8.00. The Labute approximate surface area is 253 Å². The molecule has 0 bridgehead atoms. The van der Waals surface area contributed by atoms with E-state index in [0.29, 0.717) is 5.92 Å². The quantitative estimate of drug-likeness (QED) is 0.135. The van der Waals surface area contributed by atoms with E-state index in [9.17, 15) is 9.90 Å². The van der Waals surface area contributed by atoms with Gasteiger partial charge in [-0.25, -0.2) is 4.98 Å². The number of thiol groups is 1. The van der Waals surface area contributed by atoms with Gasteiger partial charge in [0.1, 0.15) is 18.3 Å². The number of ether oxygens (including phenoxy) is 1. The number of anilines is 1. The van der Waals surface area contributed by atoms with Gasteiger partial charge in [0.2, 0.25) is 5.95 Å². The van der Waals surface area contributed by atoms with Crippen molar-refractivity contribution in [2.24, 2.45) is 5.92 Å². The number of aliphatic hydroxyl groups excluding tert-OH is 1. The highest BCUT2D eigenvalue weighted by atomic mass is 32.4. The molecule has 2 aromatic heterocycles. The van der Waals surface area contributed by atoms with Gasteiger partial charge in [0.25, 0.3) is 5.56 Å². The highest BCUT2D eigenvalue weighted by Crippen LogP contribution is 2.47. The topological polar surface area (TPSA) is 147 Å². The molecule has 4 rings (SSSR count). The van der Waals surface area contributed by atoms with E-state index in [4.69, 9.17) is 48.4 Å². The first-order valence-electron chi connectivity index (χ1n) is 13.9. The van der Waals surface area contributed by atoms with Crippen LogP contribution in [0.1, 0.15) is 60.1 Å². The van der Waals surface area contributed by atoms with Gasteiger partial charge < -0.3 is 29.1 Å². The van der Waals surface area contributed by atoms with Crippen LogP contribution in [0.3, 0.4) is 0 Å². The predicted molar refractivity (Wildman–Crippen MR) is 171 cm³/mol. The SMILES string of the molecule is C=C(C)[C@@H]1CC[C@](C)(S)[C@@H](O[PH](=S)O[C@H]2[C@@H](O)[C@H](n3cnc4c(=O)[nH]c(N)nc43)O[C@@H]2CO[Si](C)(C)C(C)(C)C)C1. The van der Waals surface area contributed by atoms with Crippen molar-refractivity contribution < 1.29 is 23.3 Å². The maximum atomic E-state index is 12.4. The average Bonchev–Trinajstić information content (AvgIpc) is 3.39. The van der Waals surface area contributed by atoms with E-state index in [2.05, 4.69) is 62.3 Å². The van der Waals surface area contributed by atoms with Gasteiger partial charge in [-0.1, -0.05) is 32.9 Å². The normalized spacial score (nSPS) is 31.9. The van der Waals surface area contributed by atoms with Crippen molar-refractivity contribution in [1.82, 2.24) is 19.5 Å². The van der Waals surface area contributed by atoms with Gasteiger partial charge in [-0.05, 0) is 69.0 Å². The Kier molecular flexibility index (Phi) is 9.70. The molecule has 1 aliphatic heterocycles. The van der Waals surface area contributed by atoms with Crippen LogP contribution in [0.2, 0.25) is 18.1 Å². The molecule has 1 saturated heterocycles. The van der Waals surface area contributed by atoms with Crippen molar-refractivity contribution >= 4 is 57.0 Å². The van der Waals surface area contributed by atoms with Gasteiger partial charge in [-0.15, -0.1) is 0 Å². The van der Waals surface area contributed by atoms with Crippen LogP contribution in [0.15, 0.2) is 23.3 Å². The zero-order valence-corrected chi connectivity index (χ0v) is 28.6. The van der Waals surface area contributed by atoms with E-state index in [1.807, 2.05) is 6.92 Å². The second-order valence-corrected chi connectivity index (χ2v) is 20.8. The second-order valence-electron chi connectivity index (χ2n) is 13.0. The molecule has 8 atom stereocenters. The smallest absolute Gasteiger partial charge is 0.280 e. The molecule has 1 saturated carbocycles. The van der Waals surface area contributed by atoms with Gasteiger partial charge in [0.05, 0.1) is 19.0 Å². The maximum Gasteiger partial charge on any atom is 0.280 e. The zero-order chi connectivity index (χ0) is 30.5. The minimum absolute atomic E-state index is 0.0308. The summed E-state index contributed by atoms with van der Waals surface area (Å²) in [6, 6.07) is 0. The summed E-state index contributed by atoms with van der Waals surface area (Å²) in [7, 11) is -4.44. The molecule has 230 valence electrons. The standard InChI is InChI=1S/C26H44N5O6PS2Si/c1-14(2)15-9-10-26(6,39)17(11-15)36-38(40)37-20-16(12-34-41(7,8)25(3,4)5)35-23(19(20)32)31-13-28-18-21(31)29-24(27)30-22(18)33/h13,15-17,19-20,23,32,38-39H,1,9-12H2,2-8H3,(H3,27,29,30,33)/t15-,16-,17+,19-,20-,23-,26+/m1/s1. The number of fused-ring (bicyclic) bond motifs is 1. The van der Waals surface area contributed by atoms with Gasteiger partial charge >= 0.3 is 0 Å². The van der Waals surface area contributed by atoms with E-state index >= 15 is 0 Å². The van der Waals surface area contributed by atoms with E-state index in [1.165, 1.54) is 10.9 Å². The van der Waals surface area contributed by atoms with Crippen LogP contribution in [0.25, 0.3) is 11.2 Å². The minimum Gasteiger partial charge on any atom is -0.414 e. The Bertz CT molecular complexity index is 1360. The Morgan fingerprint density at radius 1 is 1.44 bits per heavy atom. The number of nitrogens with zero attached hydrogens (tertiary/aromatic N) is 3. The summed E-state index contributed by atoms with van der Waals surface area (Å²) >= 11 is 10.6. The lowest BCUT2D eigenvalue weighted by atomic mass is 9.77. The molecule has 4 N–H and O–H groups in total. The van der Waals surface area contributed by atoms with E-state index < -0.39 is 45.6 Å². The number of aromatic nitrogens is 4. The van der Waals surface area contributed by atoms with Crippen molar-refractivity contribution in [2.75, 3.05) is 12.3 Å². The largest absolute Gasteiger partial charge is 0.414 e. The van der Waals surface area contributed by atoms with E-state index in [1.54, 1.807) is 0 Å². The molecule has 3 heterocycles. The van der Waals surface area contributed by atoms with Crippen LogP contribution < -0.4 is 11.3 Å². The van der Waals surface area contributed by atoms with Gasteiger partial charge in [0.15, 0.2) is 32.9 Å². The highest BCUT2D eigenvalue weighted by Gasteiger charge is 2.49. The number of nitrogen functional groups attached to an aromatic ring is 1. The molecule has 0 aromatic carbocycles. The molecular formula is C26H44N5O6PS2Si. The first kappa shape index (κ1) is 32.8. The van der Waals surface area contributed by atoms with Gasteiger partial charge in [-0.2, -0.15) is 17.6 Å². The minimum atomic E-state index is -2.28. The first-order chi connectivity index (χ1) is 18.9. The summed E-state index contributed by atoms with van der Waals surface area (Å²) in [5.74, 6) is 0.264. The van der Waals surface area contributed by atoms with Crippen LogP contribution in [-0.2, 0) is 30.0 Å². The summed E-state index contributed by atoms with van der Waals surface area (Å²) in [4.78, 5) is 23.2. The third-order valence-electron chi connectivity index (χ3n) is 8.81. The number of nitrogens with two attached hydrogens (primary N) is 1. The number of imidazole rings is 1. The lowest BCUT2D eigenvalue weighted by Gasteiger charge is -2.41. The van der Waals surface area contributed by atoms with E-state index in [0.717, 1.165) is 24.8 Å². The predicted octanol–water partition coefficient (Wildman–Crippen LogP) is 4.32. The molecule has 2 aliphatic rings. The van der Waals surface area contributed by atoms with Gasteiger partial charge in [-0.3, -0.25) is 14.3 Å². The Morgan fingerprint density at radius 3 is 2.76 bits per heavy atom. The fourth-order valence-corrected chi connectivity index (χ4v) is 8.24. The van der Waals surface area contributed by atoms with Crippen molar-refractivity contribution in [2.45, 2.75) is 107 Å². The number of aromatic amines is 1. The first-order valence-corrected chi connectivity index (χ1v) is 19.7. The monoisotopic (exact) mass is 645 g/mol. The maximum absolute atomic E-state index is 12.4. The summed E-state index contributed by atoms with van der Waals surface area (Å²) in [6.07, 6.45) is 0.157. The molecule has 0 radical (unpaired) electrons. The van der Waals surface area contributed by atoms with Crippen molar-refractivity contribution in [3.63, 3.8) is 0 Å². The van der Waals surface area contributed by atoms with Crippen LogP contribution in [-0.4, -0.2) is 68.7 Å². The lowest BCUT2D eigenvalue weighted by molar-refractivity contribution is -0.0485. The number of hydrogen-bond donors (Lipinski definition) is 4. The van der Waals surface area contributed by atoms with Gasteiger partial charge in [0, 0.05) is 4.75 Å². The van der Waals surface area contributed by atoms with Crippen LogP contribution >= 0.6 is 19.8 Å². The number of rotatable bonds is 9. The zero-order valence-electron chi connectivity index (χ0n) is 24.8. The van der Waals surface area contributed by atoms with Crippen molar-refractivity contribution in [3.05, 3.63) is 28.8 Å². The molecule has 15 heteroatoms. The molecule has 0 amide bonds. The number of nitrogens with one attached hydrogen (secondary N) is 1. The number of aliphatic hydroxyl groups is 1. The third kappa shape index (κ3) is 7.02. The molecule has 11 nitrogen and oxygen atoms in total. The summed E-state index contributed by atoms with van der Waals surface area (Å²) < 4.78 is 26.6. The molecule has 41 heavy (non-hydrogen) atoms. The molecule has 1 aliphatic carbocycles. The molecule has 2 aromatic rings. The third-order valence-corrected chi connectivity index (χ3v) is 15.3. The van der Waals surface area contributed by atoms with Crippen LogP contribution in [0.5, 0.6) is 0 Å². The second kappa shape index (κ2) is 12.1. The van der Waals surface area contributed by atoms with Crippen molar-refractivity contribution in [3.8, 4) is 0 Å². The van der Waals surface area contributed by atoms with Crippen molar-refractivity contribution in [1.29, 1.82) is 0 Å². The number of allylic oxidation sites excluding steroid dienone is 1. The molecule has 1 unspecified atom stereocenters. The number of hydrogen-bond acceptors (Lipinski definition) is 11. The lowest BCUT2D eigenvalue weighted by Crippen LogP contribution is -2.45. The molecule has 0 spiro atoms. The van der Waals surface area contributed by atoms with Crippen LogP contribution in [0, 0.1) is 5.92 Å². The Morgan fingerprint density at radius 2 is 2.12 bits per heavy atom. The Hall–Kier alpha value is -1.09. The Balaban J connectivity index is 1.59.